The molecule has 1 atom stereocenters. The highest BCUT2D eigenvalue weighted by molar-refractivity contribution is 7.20. The molecule has 0 aliphatic carbocycles. The molecule has 19 heavy (non-hydrogen) atoms. The van der Waals surface area contributed by atoms with E-state index in [-0.39, 0.29) is 0 Å². The number of aliphatic carboxylic acids is 1. The van der Waals surface area contributed by atoms with Crippen molar-refractivity contribution in [2.75, 3.05) is 6.61 Å². The van der Waals surface area contributed by atoms with Gasteiger partial charge in [-0.25, -0.2) is 4.79 Å². The molecule has 0 saturated heterocycles. The Morgan fingerprint density at radius 2 is 2.26 bits per heavy atom. The Morgan fingerprint density at radius 3 is 2.79 bits per heavy atom. The van der Waals surface area contributed by atoms with Gasteiger partial charge in [0.25, 0.3) is 5.91 Å². The van der Waals surface area contributed by atoms with Gasteiger partial charge in [-0.15, -0.1) is 11.3 Å². The van der Waals surface area contributed by atoms with Crippen molar-refractivity contribution in [1.29, 1.82) is 0 Å². The van der Waals surface area contributed by atoms with Gasteiger partial charge in [-0.3, -0.25) is 9.48 Å². The number of fused-ring (bicyclic) bond motifs is 1. The van der Waals surface area contributed by atoms with Crippen molar-refractivity contribution in [1.82, 2.24) is 15.1 Å². The predicted molar refractivity (Wildman–Crippen MR) is 69.3 cm³/mol. The highest BCUT2D eigenvalue weighted by atomic mass is 32.1. The zero-order valence-corrected chi connectivity index (χ0v) is 11.2. The summed E-state index contributed by atoms with van der Waals surface area (Å²) in [4.78, 5) is 23.9. The quantitative estimate of drug-likeness (QED) is 0.739. The van der Waals surface area contributed by atoms with E-state index in [4.69, 9.17) is 10.2 Å². The monoisotopic (exact) mass is 283 g/mol. The minimum absolute atomic E-state index is 0.394. The van der Waals surface area contributed by atoms with Gasteiger partial charge >= 0.3 is 5.97 Å². The molecular weight excluding hydrogens is 270 g/mol. The molecule has 7 nitrogen and oxygen atoms in total. The number of carboxylic acid groups (broad SMARTS) is 1. The van der Waals surface area contributed by atoms with E-state index < -0.39 is 24.5 Å². The van der Waals surface area contributed by atoms with Gasteiger partial charge in [0.15, 0.2) is 6.04 Å². The third-order valence-electron chi connectivity index (χ3n) is 2.71. The predicted octanol–water partition coefficient (Wildman–Crippen LogP) is 0.119. The summed E-state index contributed by atoms with van der Waals surface area (Å²) in [6.07, 6.45) is 0. The first-order chi connectivity index (χ1) is 8.93. The van der Waals surface area contributed by atoms with Gasteiger partial charge < -0.3 is 15.5 Å². The number of carboxylic acids is 1. The van der Waals surface area contributed by atoms with Crippen molar-refractivity contribution < 1.29 is 19.8 Å². The fourth-order valence-electron chi connectivity index (χ4n) is 1.73. The molecule has 0 bridgehead atoms. The van der Waals surface area contributed by atoms with Crippen LogP contribution in [0.25, 0.3) is 10.2 Å². The molecule has 2 aromatic rings. The maximum atomic E-state index is 11.9. The number of nitrogens with zero attached hydrogens (tertiary/aromatic N) is 2. The minimum Gasteiger partial charge on any atom is -0.480 e. The van der Waals surface area contributed by atoms with Gasteiger partial charge in [-0.05, 0) is 13.0 Å². The molecule has 8 heteroatoms. The van der Waals surface area contributed by atoms with E-state index >= 15 is 0 Å². The number of hydrogen-bond acceptors (Lipinski definition) is 5. The first-order valence-electron chi connectivity index (χ1n) is 5.51. The summed E-state index contributed by atoms with van der Waals surface area (Å²) >= 11 is 1.23. The maximum absolute atomic E-state index is 11.9. The van der Waals surface area contributed by atoms with Gasteiger partial charge in [-0.1, -0.05) is 0 Å². The number of thiophene rings is 1. The highest BCUT2D eigenvalue weighted by Crippen LogP contribution is 2.27. The molecule has 0 aliphatic heterocycles. The van der Waals surface area contributed by atoms with Gasteiger partial charge in [0.1, 0.15) is 4.83 Å². The molecule has 0 fully saturated rings. The van der Waals surface area contributed by atoms with Crippen LogP contribution in [0.1, 0.15) is 15.4 Å². The summed E-state index contributed by atoms with van der Waals surface area (Å²) in [6.45, 7) is 1.19. The van der Waals surface area contributed by atoms with Gasteiger partial charge in [0, 0.05) is 12.4 Å². The van der Waals surface area contributed by atoms with Crippen molar-refractivity contribution in [3.63, 3.8) is 0 Å². The Balaban J connectivity index is 2.27. The first-order valence-corrected chi connectivity index (χ1v) is 6.33. The minimum atomic E-state index is -1.29. The van der Waals surface area contributed by atoms with Crippen molar-refractivity contribution in [3.8, 4) is 0 Å². The summed E-state index contributed by atoms with van der Waals surface area (Å²) in [5.41, 5.74) is 0.810. The Hall–Kier alpha value is -1.93. The fraction of sp³-hybridized carbons (Fsp3) is 0.364. The topological polar surface area (TPSA) is 104 Å². The van der Waals surface area contributed by atoms with Crippen molar-refractivity contribution in [3.05, 3.63) is 16.6 Å². The lowest BCUT2D eigenvalue weighted by Crippen LogP contribution is -2.43. The molecule has 2 rings (SSSR count). The zero-order valence-electron chi connectivity index (χ0n) is 10.4. The molecule has 0 saturated carbocycles. The molecule has 102 valence electrons. The number of aromatic nitrogens is 2. The van der Waals surface area contributed by atoms with Crippen LogP contribution in [0.2, 0.25) is 0 Å². The maximum Gasteiger partial charge on any atom is 0.328 e. The van der Waals surface area contributed by atoms with Gasteiger partial charge in [-0.2, -0.15) is 5.10 Å². The van der Waals surface area contributed by atoms with E-state index in [9.17, 15) is 9.59 Å². The average molecular weight is 283 g/mol. The molecule has 3 N–H and O–H groups in total. The number of aliphatic hydroxyl groups is 1. The van der Waals surface area contributed by atoms with Crippen LogP contribution in [0.4, 0.5) is 0 Å². The smallest absolute Gasteiger partial charge is 0.328 e. The fourth-order valence-corrected chi connectivity index (χ4v) is 2.76. The highest BCUT2D eigenvalue weighted by Gasteiger charge is 2.21. The second-order valence-corrected chi connectivity index (χ2v) is 5.12. The molecule has 0 spiro atoms. The summed E-state index contributed by atoms with van der Waals surface area (Å²) < 4.78 is 1.67. The summed E-state index contributed by atoms with van der Waals surface area (Å²) in [6, 6.07) is 0.380. The zero-order chi connectivity index (χ0) is 14.2. The van der Waals surface area contributed by atoms with Crippen LogP contribution in [-0.2, 0) is 11.8 Å². The first kappa shape index (κ1) is 13.5. The Morgan fingerprint density at radius 1 is 1.58 bits per heavy atom. The van der Waals surface area contributed by atoms with E-state index in [1.54, 1.807) is 17.8 Å². The van der Waals surface area contributed by atoms with Crippen LogP contribution in [-0.4, -0.2) is 44.5 Å². The van der Waals surface area contributed by atoms with Gasteiger partial charge in [0.05, 0.1) is 17.2 Å². The summed E-state index contributed by atoms with van der Waals surface area (Å²) in [7, 11) is 1.78. The van der Waals surface area contributed by atoms with Crippen LogP contribution < -0.4 is 5.32 Å². The number of aryl methyl sites for hydroxylation is 2. The second kappa shape index (κ2) is 4.98. The van der Waals surface area contributed by atoms with Crippen molar-refractivity contribution in [2.45, 2.75) is 13.0 Å². The van der Waals surface area contributed by atoms with E-state index in [1.165, 1.54) is 11.3 Å². The Labute approximate surface area is 112 Å². The number of hydrogen-bond donors (Lipinski definition) is 3. The van der Waals surface area contributed by atoms with Crippen LogP contribution in [0.5, 0.6) is 0 Å². The van der Waals surface area contributed by atoms with Gasteiger partial charge in [0.2, 0.25) is 0 Å². The standard InChI is InChI=1S/C11H13N3O4S/c1-5-6-3-8(19-10(6)14(2)13-5)9(16)12-7(4-15)11(17)18/h3,7,15H,4H2,1-2H3,(H,12,16)(H,17,18). The van der Waals surface area contributed by atoms with Crippen LogP contribution in [0, 0.1) is 6.92 Å². The van der Waals surface area contributed by atoms with Crippen molar-refractivity contribution >= 4 is 33.4 Å². The number of rotatable bonds is 4. The average Bonchev–Trinajstić information content (AvgIpc) is 2.89. The number of carbonyl (C=O) groups is 2. The normalized spacial score (nSPS) is 12.6. The summed E-state index contributed by atoms with van der Waals surface area (Å²) in [5.74, 6) is -1.78. The second-order valence-electron chi connectivity index (χ2n) is 4.09. The lowest BCUT2D eigenvalue weighted by Gasteiger charge is -2.10. The molecule has 1 unspecified atom stereocenters. The van der Waals surface area contributed by atoms with E-state index in [2.05, 4.69) is 10.4 Å². The third kappa shape index (κ3) is 2.45. The summed E-state index contributed by atoms with van der Waals surface area (Å²) in [5, 5.41) is 25.0. The number of amides is 1. The molecule has 0 aromatic carbocycles. The number of nitrogens with one attached hydrogen (secondary N) is 1. The molecule has 0 radical (unpaired) electrons. The van der Waals surface area contributed by atoms with Crippen LogP contribution in [0.15, 0.2) is 6.07 Å². The van der Waals surface area contributed by atoms with E-state index in [0.717, 1.165) is 15.9 Å². The Kier molecular flexibility index (Phi) is 3.54. The Bertz CT molecular complexity index is 611. The van der Waals surface area contributed by atoms with Crippen LogP contribution in [0.3, 0.4) is 0 Å². The number of aliphatic hydroxyl groups excluding tert-OH is 1. The molecule has 2 heterocycles. The van der Waals surface area contributed by atoms with Crippen LogP contribution >= 0.6 is 11.3 Å². The lowest BCUT2D eigenvalue weighted by molar-refractivity contribution is -0.140. The molecule has 2 aromatic heterocycles. The lowest BCUT2D eigenvalue weighted by atomic mass is 10.2. The molecule has 1 amide bonds. The SMILES string of the molecule is Cc1nn(C)c2sc(C(=O)NC(CO)C(=O)O)cc12. The molecular formula is C11H13N3O4S. The third-order valence-corrected chi connectivity index (χ3v) is 3.91. The number of carbonyl (C=O) groups excluding carboxylic acids is 1. The molecule has 0 aliphatic rings. The van der Waals surface area contributed by atoms with E-state index in [0.29, 0.717) is 4.88 Å². The van der Waals surface area contributed by atoms with Crippen molar-refractivity contribution in [2.24, 2.45) is 7.05 Å². The largest absolute Gasteiger partial charge is 0.480 e. The van der Waals surface area contributed by atoms with E-state index in [1.807, 2.05) is 6.92 Å².